The zero-order valence-corrected chi connectivity index (χ0v) is 13.9. The van der Waals surface area contributed by atoms with Crippen molar-refractivity contribution < 1.29 is 0 Å². The lowest BCUT2D eigenvalue weighted by molar-refractivity contribution is 0.550. The lowest BCUT2D eigenvalue weighted by atomic mass is 10.2. The minimum Gasteiger partial charge on any atom is -0.312 e. The molecule has 0 aromatic carbocycles. The molecule has 21 heavy (non-hydrogen) atoms. The Bertz CT molecular complexity index is 628. The number of nitrogens with zero attached hydrogens (tertiary/aromatic N) is 4. The van der Waals surface area contributed by atoms with Crippen molar-refractivity contribution in [3.63, 3.8) is 0 Å². The molecule has 2 heterocycles. The maximum atomic E-state index is 4.61. The zero-order chi connectivity index (χ0) is 15.6. The molecule has 0 fully saturated rings. The van der Waals surface area contributed by atoms with Crippen molar-refractivity contribution in [1.82, 2.24) is 25.1 Å². The molecule has 0 aliphatic heterocycles. The third-order valence-electron chi connectivity index (χ3n) is 3.78. The highest BCUT2D eigenvalue weighted by atomic mass is 15.4. The Morgan fingerprint density at radius 1 is 1.14 bits per heavy atom. The summed E-state index contributed by atoms with van der Waals surface area (Å²) in [5.74, 6) is 1.29. The molecule has 0 amide bonds. The van der Waals surface area contributed by atoms with E-state index in [1.807, 2.05) is 31.6 Å². The SMILES string of the molecule is Cc1nc(-n2nc(C)c(C)c2C)ncc1CNCC(C)C. The molecule has 114 valence electrons. The van der Waals surface area contributed by atoms with Gasteiger partial charge in [0.1, 0.15) is 0 Å². The summed E-state index contributed by atoms with van der Waals surface area (Å²) >= 11 is 0. The van der Waals surface area contributed by atoms with Gasteiger partial charge in [-0.25, -0.2) is 14.6 Å². The van der Waals surface area contributed by atoms with Gasteiger partial charge in [-0.15, -0.1) is 0 Å². The molecule has 2 aromatic rings. The Morgan fingerprint density at radius 2 is 1.86 bits per heavy atom. The molecule has 0 saturated heterocycles. The van der Waals surface area contributed by atoms with Crippen LogP contribution in [0.1, 0.15) is 42.1 Å². The fraction of sp³-hybridized carbons (Fsp3) is 0.562. The van der Waals surface area contributed by atoms with Crippen LogP contribution in [0.15, 0.2) is 6.20 Å². The summed E-state index contributed by atoms with van der Waals surface area (Å²) in [6.45, 7) is 14.4. The van der Waals surface area contributed by atoms with E-state index in [-0.39, 0.29) is 0 Å². The van der Waals surface area contributed by atoms with Gasteiger partial charge in [0.15, 0.2) is 0 Å². The van der Waals surface area contributed by atoms with Gasteiger partial charge >= 0.3 is 0 Å². The van der Waals surface area contributed by atoms with Gasteiger partial charge in [0.25, 0.3) is 5.95 Å². The first kappa shape index (κ1) is 15.6. The maximum Gasteiger partial charge on any atom is 0.250 e. The van der Waals surface area contributed by atoms with E-state index in [1.165, 1.54) is 5.56 Å². The normalized spacial score (nSPS) is 11.4. The molecule has 0 aliphatic rings. The summed E-state index contributed by atoms with van der Waals surface area (Å²) in [6, 6.07) is 0. The molecule has 5 heteroatoms. The zero-order valence-electron chi connectivity index (χ0n) is 13.9. The van der Waals surface area contributed by atoms with Gasteiger partial charge in [-0.05, 0) is 45.7 Å². The molecule has 2 aromatic heterocycles. The van der Waals surface area contributed by atoms with Crippen LogP contribution in [-0.4, -0.2) is 26.3 Å². The van der Waals surface area contributed by atoms with E-state index >= 15 is 0 Å². The first-order valence-electron chi connectivity index (χ1n) is 7.46. The molecule has 5 nitrogen and oxygen atoms in total. The largest absolute Gasteiger partial charge is 0.312 e. The van der Waals surface area contributed by atoms with Crippen LogP contribution >= 0.6 is 0 Å². The van der Waals surface area contributed by atoms with Gasteiger partial charge in [-0.3, -0.25) is 0 Å². The fourth-order valence-electron chi connectivity index (χ4n) is 2.17. The second-order valence-electron chi connectivity index (χ2n) is 6.01. The van der Waals surface area contributed by atoms with Crippen molar-refractivity contribution in [3.8, 4) is 5.95 Å². The average molecular weight is 287 g/mol. The van der Waals surface area contributed by atoms with Crippen LogP contribution in [-0.2, 0) is 6.54 Å². The van der Waals surface area contributed by atoms with Gasteiger partial charge in [0, 0.05) is 29.7 Å². The molecule has 0 bridgehead atoms. The Hall–Kier alpha value is -1.75. The van der Waals surface area contributed by atoms with Gasteiger partial charge in [-0.2, -0.15) is 5.10 Å². The summed E-state index contributed by atoms with van der Waals surface area (Å²) < 4.78 is 1.82. The Balaban J connectivity index is 2.20. The minimum absolute atomic E-state index is 0.642. The summed E-state index contributed by atoms with van der Waals surface area (Å²) in [7, 11) is 0. The molecule has 1 N–H and O–H groups in total. The highest BCUT2D eigenvalue weighted by molar-refractivity contribution is 5.29. The number of hydrogen-bond donors (Lipinski definition) is 1. The van der Waals surface area contributed by atoms with Crippen molar-refractivity contribution >= 4 is 0 Å². The number of aromatic nitrogens is 4. The van der Waals surface area contributed by atoms with Crippen molar-refractivity contribution in [2.75, 3.05) is 6.54 Å². The summed E-state index contributed by atoms with van der Waals surface area (Å²) in [4.78, 5) is 9.08. The van der Waals surface area contributed by atoms with E-state index in [0.717, 1.165) is 35.7 Å². The van der Waals surface area contributed by atoms with E-state index in [0.29, 0.717) is 11.9 Å². The molecule has 0 spiro atoms. The lowest BCUT2D eigenvalue weighted by Crippen LogP contribution is -2.20. The predicted octanol–water partition coefficient (Wildman–Crippen LogP) is 2.64. The predicted molar refractivity (Wildman–Crippen MR) is 84.6 cm³/mol. The van der Waals surface area contributed by atoms with E-state index in [4.69, 9.17) is 0 Å². The van der Waals surface area contributed by atoms with Crippen LogP contribution in [0, 0.1) is 33.6 Å². The molecule has 0 radical (unpaired) electrons. The van der Waals surface area contributed by atoms with Crippen LogP contribution in [0.3, 0.4) is 0 Å². The van der Waals surface area contributed by atoms with Crippen LogP contribution in [0.2, 0.25) is 0 Å². The van der Waals surface area contributed by atoms with Gasteiger partial charge in [0.05, 0.1) is 5.69 Å². The number of hydrogen-bond acceptors (Lipinski definition) is 4. The van der Waals surface area contributed by atoms with Gasteiger partial charge in [-0.1, -0.05) is 13.8 Å². The Labute approximate surface area is 126 Å². The Morgan fingerprint density at radius 3 is 2.38 bits per heavy atom. The second-order valence-corrected chi connectivity index (χ2v) is 6.01. The highest BCUT2D eigenvalue weighted by Crippen LogP contribution is 2.15. The van der Waals surface area contributed by atoms with Crippen molar-refractivity contribution in [3.05, 3.63) is 34.4 Å². The molecular formula is C16H25N5. The topological polar surface area (TPSA) is 55.6 Å². The Kier molecular flexibility index (Phi) is 4.73. The standard InChI is InChI=1S/C16H25N5/c1-10(2)7-17-8-15-9-18-16(19-13(15)5)21-14(6)11(3)12(4)20-21/h9-10,17H,7-8H2,1-6H3. The molecule has 0 atom stereocenters. The molecule has 0 unspecified atom stereocenters. The maximum absolute atomic E-state index is 4.61. The molecule has 2 rings (SSSR count). The first-order valence-corrected chi connectivity index (χ1v) is 7.46. The first-order chi connectivity index (χ1) is 9.90. The summed E-state index contributed by atoms with van der Waals surface area (Å²) in [5.41, 5.74) is 5.45. The molecular weight excluding hydrogens is 262 g/mol. The van der Waals surface area contributed by atoms with E-state index < -0.39 is 0 Å². The van der Waals surface area contributed by atoms with Crippen LogP contribution in [0.25, 0.3) is 5.95 Å². The van der Waals surface area contributed by atoms with Crippen LogP contribution in [0.4, 0.5) is 0 Å². The van der Waals surface area contributed by atoms with Crippen molar-refractivity contribution in [1.29, 1.82) is 0 Å². The second kappa shape index (κ2) is 6.35. The van der Waals surface area contributed by atoms with E-state index in [1.54, 1.807) is 0 Å². The fourth-order valence-corrected chi connectivity index (χ4v) is 2.17. The average Bonchev–Trinajstić information content (AvgIpc) is 2.68. The van der Waals surface area contributed by atoms with E-state index in [9.17, 15) is 0 Å². The van der Waals surface area contributed by atoms with Crippen molar-refractivity contribution in [2.24, 2.45) is 5.92 Å². The summed E-state index contributed by atoms with van der Waals surface area (Å²) in [6.07, 6.45) is 1.90. The number of nitrogens with one attached hydrogen (secondary N) is 1. The minimum atomic E-state index is 0.642. The highest BCUT2D eigenvalue weighted by Gasteiger charge is 2.12. The number of rotatable bonds is 5. The van der Waals surface area contributed by atoms with E-state index in [2.05, 4.69) is 41.2 Å². The van der Waals surface area contributed by atoms with Gasteiger partial charge in [0.2, 0.25) is 0 Å². The molecule has 0 aliphatic carbocycles. The smallest absolute Gasteiger partial charge is 0.250 e. The monoisotopic (exact) mass is 287 g/mol. The van der Waals surface area contributed by atoms with Gasteiger partial charge < -0.3 is 5.32 Å². The third-order valence-corrected chi connectivity index (χ3v) is 3.78. The van der Waals surface area contributed by atoms with Crippen molar-refractivity contribution in [2.45, 2.75) is 48.1 Å². The van der Waals surface area contributed by atoms with Crippen LogP contribution < -0.4 is 5.32 Å². The number of aryl methyl sites for hydroxylation is 2. The van der Waals surface area contributed by atoms with Crippen LogP contribution in [0.5, 0.6) is 0 Å². The third kappa shape index (κ3) is 3.47. The lowest BCUT2D eigenvalue weighted by Gasteiger charge is -2.10. The molecule has 0 saturated carbocycles. The quantitative estimate of drug-likeness (QED) is 0.918. The summed E-state index contributed by atoms with van der Waals surface area (Å²) in [5, 5.41) is 7.94.